The molecule has 1 aliphatic rings. The third-order valence-electron chi connectivity index (χ3n) is 4.67. The van der Waals surface area contributed by atoms with Crippen LogP contribution in [0.3, 0.4) is 0 Å². The number of nitrogens with zero attached hydrogens (tertiary/aromatic N) is 1. The highest BCUT2D eigenvalue weighted by atomic mass is 32.2. The Labute approximate surface area is 171 Å². The van der Waals surface area contributed by atoms with Crippen LogP contribution in [-0.4, -0.2) is 30.4 Å². The highest BCUT2D eigenvalue weighted by Crippen LogP contribution is 2.36. The highest BCUT2D eigenvalue weighted by Gasteiger charge is 2.24. The summed E-state index contributed by atoms with van der Waals surface area (Å²) in [5.74, 6) is 2.31. The van der Waals surface area contributed by atoms with E-state index in [1.54, 1.807) is 11.8 Å². The van der Waals surface area contributed by atoms with Gasteiger partial charge in [0.15, 0.2) is 11.5 Å². The number of rotatable bonds is 8. The monoisotopic (exact) mass is 400 g/mol. The number of benzene rings is 2. The number of ether oxygens (including phenoxy) is 2. The lowest BCUT2D eigenvalue weighted by atomic mass is 10.0. The van der Waals surface area contributed by atoms with Gasteiger partial charge in [0.05, 0.1) is 19.3 Å². The molecule has 0 aromatic heterocycles. The van der Waals surface area contributed by atoms with Gasteiger partial charge in [-0.15, -0.1) is 0 Å². The lowest BCUT2D eigenvalue weighted by Gasteiger charge is -2.14. The molecule has 1 aliphatic carbocycles. The molecule has 5 nitrogen and oxygen atoms in total. The van der Waals surface area contributed by atoms with Gasteiger partial charge >= 0.3 is 0 Å². The molecule has 2 aromatic rings. The van der Waals surface area contributed by atoms with Crippen LogP contribution in [0.25, 0.3) is 0 Å². The summed E-state index contributed by atoms with van der Waals surface area (Å²) in [7, 11) is 1.81. The van der Waals surface area contributed by atoms with Crippen molar-refractivity contribution in [2.24, 2.45) is 5.10 Å². The second-order valence-corrected chi connectivity index (χ2v) is 7.47. The van der Waals surface area contributed by atoms with Crippen molar-refractivity contribution in [3.8, 4) is 11.5 Å². The molecule has 1 atom stereocenters. The van der Waals surface area contributed by atoms with E-state index < -0.39 is 0 Å². The van der Waals surface area contributed by atoms with Crippen molar-refractivity contribution in [3.63, 3.8) is 0 Å². The quantitative estimate of drug-likeness (QED) is 0.393. The second kappa shape index (κ2) is 9.85. The van der Waals surface area contributed by atoms with E-state index in [1.807, 2.05) is 45.2 Å². The van der Waals surface area contributed by atoms with Crippen molar-refractivity contribution in [2.45, 2.75) is 38.5 Å². The first-order valence-corrected chi connectivity index (χ1v) is 10.7. The lowest BCUT2D eigenvalue weighted by molar-refractivity contribution is 0.180. The van der Waals surface area contributed by atoms with Gasteiger partial charge in [0.2, 0.25) is 0 Å². The summed E-state index contributed by atoms with van der Waals surface area (Å²) < 4.78 is 11.4. The summed E-state index contributed by atoms with van der Waals surface area (Å²) in [4.78, 5) is 0. The molecule has 0 amide bonds. The Balaban J connectivity index is 1.80. The minimum atomic E-state index is -0.365. The summed E-state index contributed by atoms with van der Waals surface area (Å²) >= 11 is 1.68. The standard InChI is InChI=1S/C22H28N2O3S/c1-4-26-20-12-9-15(13-21(20)27-5-2)14-28-22(24-23-3)18-8-6-7-17-16(18)10-11-19(17)25/h6-9,12-13,19,23,25H,4-5,10-11,14H2,1-3H3/b24-22-. The van der Waals surface area contributed by atoms with Crippen molar-refractivity contribution < 1.29 is 14.6 Å². The van der Waals surface area contributed by atoms with Crippen LogP contribution < -0.4 is 14.9 Å². The van der Waals surface area contributed by atoms with E-state index in [0.29, 0.717) is 13.2 Å². The van der Waals surface area contributed by atoms with E-state index in [4.69, 9.17) is 9.47 Å². The second-order valence-electron chi connectivity index (χ2n) is 6.50. The zero-order valence-corrected chi connectivity index (χ0v) is 17.5. The maximum absolute atomic E-state index is 10.2. The van der Waals surface area contributed by atoms with Crippen LogP contribution in [0.4, 0.5) is 0 Å². The highest BCUT2D eigenvalue weighted by molar-refractivity contribution is 8.13. The smallest absolute Gasteiger partial charge is 0.161 e. The molecule has 6 heteroatoms. The Kier molecular flexibility index (Phi) is 7.23. The maximum Gasteiger partial charge on any atom is 0.161 e. The molecular weight excluding hydrogens is 372 g/mol. The Morgan fingerprint density at radius 2 is 1.96 bits per heavy atom. The molecular formula is C22H28N2O3S. The van der Waals surface area contributed by atoms with E-state index >= 15 is 0 Å². The van der Waals surface area contributed by atoms with Crippen LogP contribution in [0.1, 0.15) is 48.6 Å². The zero-order valence-electron chi connectivity index (χ0n) is 16.7. The fraction of sp³-hybridized carbons (Fsp3) is 0.409. The Morgan fingerprint density at radius 1 is 1.18 bits per heavy atom. The topological polar surface area (TPSA) is 63.1 Å². The number of thioether (sulfide) groups is 1. The van der Waals surface area contributed by atoms with Crippen LogP contribution in [-0.2, 0) is 12.2 Å². The predicted octanol–water partition coefficient (Wildman–Crippen LogP) is 4.28. The zero-order chi connectivity index (χ0) is 19.9. The number of hydrogen-bond acceptors (Lipinski definition) is 6. The molecule has 0 fully saturated rings. The third kappa shape index (κ3) is 4.62. The number of aliphatic hydroxyl groups excluding tert-OH is 1. The molecule has 28 heavy (non-hydrogen) atoms. The molecule has 1 unspecified atom stereocenters. The summed E-state index contributed by atoms with van der Waals surface area (Å²) in [5.41, 5.74) is 7.41. The van der Waals surface area contributed by atoms with Gasteiger partial charge in [-0.1, -0.05) is 36.0 Å². The van der Waals surface area contributed by atoms with E-state index in [-0.39, 0.29) is 6.10 Å². The van der Waals surface area contributed by atoms with Crippen LogP contribution in [0.2, 0.25) is 0 Å². The van der Waals surface area contributed by atoms with Crippen molar-refractivity contribution >= 4 is 16.8 Å². The third-order valence-corrected chi connectivity index (χ3v) is 5.73. The van der Waals surface area contributed by atoms with Gasteiger partial charge in [0.25, 0.3) is 0 Å². The first kappa shape index (κ1) is 20.6. The van der Waals surface area contributed by atoms with Crippen LogP contribution in [0, 0.1) is 0 Å². The van der Waals surface area contributed by atoms with Gasteiger partial charge in [-0.2, -0.15) is 5.10 Å². The van der Waals surface area contributed by atoms with E-state index in [0.717, 1.165) is 51.8 Å². The van der Waals surface area contributed by atoms with Crippen LogP contribution in [0.15, 0.2) is 41.5 Å². The summed E-state index contributed by atoms with van der Waals surface area (Å²) in [5, 5.41) is 15.6. The molecule has 0 bridgehead atoms. The predicted molar refractivity (Wildman–Crippen MR) is 115 cm³/mol. The fourth-order valence-corrected chi connectivity index (χ4v) is 4.43. The minimum absolute atomic E-state index is 0.365. The van der Waals surface area contributed by atoms with Gasteiger partial charge in [0.1, 0.15) is 5.04 Å². The Bertz CT molecular complexity index is 839. The molecule has 2 N–H and O–H groups in total. The minimum Gasteiger partial charge on any atom is -0.490 e. The van der Waals surface area contributed by atoms with Crippen molar-refractivity contribution in [2.75, 3.05) is 20.3 Å². The summed E-state index contributed by atoms with van der Waals surface area (Å²) in [6, 6.07) is 12.2. The normalized spacial score (nSPS) is 16.0. The average molecular weight is 401 g/mol. The summed E-state index contributed by atoms with van der Waals surface area (Å²) in [6.45, 7) is 5.15. The SMILES string of the molecule is CCOc1ccc(CS/C(=N\NC)c2cccc3c2CCC3O)cc1OCC. The van der Waals surface area contributed by atoms with Crippen molar-refractivity contribution in [1.82, 2.24) is 5.43 Å². The van der Waals surface area contributed by atoms with Crippen molar-refractivity contribution in [1.29, 1.82) is 0 Å². The van der Waals surface area contributed by atoms with Crippen LogP contribution >= 0.6 is 11.8 Å². The molecule has 0 heterocycles. The number of aliphatic hydroxyl groups is 1. The van der Waals surface area contributed by atoms with E-state index in [9.17, 15) is 5.11 Å². The van der Waals surface area contributed by atoms with E-state index in [2.05, 4.69) is 22.7 Å². The van der Waals surface area contributed by atoms with Gasteiger partial charge < -0.3 is 20.0 Å². The van der Waals surface area contributed by atoms with Gasteiger partial charge in [-0.25, -0.2) is 0 Å². The first-order chi connectivity index (χ1) is 13.7. The molecule has 0 spiro atoms. The maximum atomic E-state index is 10.2. The fourth-order valence-electron chi connectivity index (χ4n) is 3.44. The number of hydrazone groups is 1. The molecule has 0 aliphatic heterocycles. The van der Waals surface area contributed by atoms with Crippen LogP contribution in [0.5, 0.6) is 11.5 Å². The van der Waals surface area contributed by atoms with Gasteiger partial charge in [-0.05, 0) is 55.5 Å². The number of nitrogens with one attached hydrogen (secondary N) is 1. The van der Waals surface area contributed by atoms with E-state index in [1.165, 1.54) is 5.56 Å². The van der Waals surface area contributed by atoms with Crippen molar-refractivity contribution in [3.05, 3.63) is 58.7 Å². The van der Waals surface area contributed by atoms with Gasteiger partial charge in [0, 0.05) is 18.4 Å². The average Bonchev–Trinajstić information content (AvgIpc) is 3.08. The first-order valence-electron chi connectivity index (χ1n) is 9.73. The molecule has 2 aromatic carbocycles. The molecule has 150 valence electrons. The number of fused-ring (bicyclic) bond motifs is 1. The largest absolute Gasteiger partial charge is 0.490 e. The molecule has 0 radical (unpaired) electrons. The Hall–Kier alpha value is -2.18. The molecule has 3 rings (SSSR count). The number of hydrogen-bond donors (Lipinski definition) is 2. The lowest BCUT2D eigenvalue weighted by Crippen LogP contribution is -2.07. The molecule has 0 saturated carbocycles. The summed E-state index contributed by atoms with van der Waals surface area (Å²) in [6.07, 6.45) is 1.30. The Morgan fingerprint density at radius 3 is 2.71 bits per heavy atom. The van der Waals surface area contributed by atoms with Gasteiger partial charge in [-0.3, -0.25) is 0 Å². The molecule has 0 saturated heterocycles.